The van der Waals surface area contributed by atoms with Gasteiger partial charge in [0.1, 0.15) is 0 Å². The Labute approximate surface area is 105 Å². The van der Waals surface area contributed by atoms with Gasteiger partial charge in [-0.3, -0.25) is 0 Å². The lowest BCUT2D eigenvalue weighted by atomic mass is 10.1. The van der Waals surface area contributed by atoms with Crippen molar-refractivity contribution in [2.45, 2.75) is 12.8 Å². The summed E-state index contributed by atoms with van der Waals surface area (Å²) in [6.07, 6.45) is 1.49. The average Bonchev–Trinajstić information content (AvgIpc) is 2.37. The van der Waals surface area contributed by atoms with Gasteiger partial charge in [0.2, 0.25) is 5.88 Å². The van der Waals surface area contributed by atoms with Crippen LogP contribution in [0.5, 0.6) is 5.88 Å². The summed E-state index contributed by atoms with van der Waals surface area (Å²) in [6, 6.07) is 7.58. The van der Waals surface area contributed by atoms with Gasteiger partial charge < -0.3 is 9.84 Å². The number of aliphatic hydroxyl groups is 1. The molecule has 0 amide bonds. The van der Waals surface area contributed by atoms with Gasteiger partial charge in [-0.15, -0.1) is 0 Å². The minimum absolute atomic E-state index is 0.176. The number of pyridine rings is 1. The third-order valence-electron chi connectivity index (χ3n) is 2.67. The minimum atomic E-state index is 0.176. The lowest BCUT2D eigenvalue weighted by molar-refractivity contribution is 0.288. The predicted molar refractivity (Wildman–Crippen MR) is 68.7 cm³/mol. The van der Waals surface area contributed by atoms with Gasteiger partial charge in [-0.2, -0.15) is 0 Å². The first-order chi connectivity index (χ1) is 8.26. The number of fused-ring (bicyclic) bond motifs is 1. The molecule has 1 N–H and O–H groups in total. The summed E-state index contributed by atoms with van der Waals surface area (Å²) in [5.74, 6) is 0.580. The van der Waals surface area contributed by atoms with Gasteiger partial charge in [-0.05, 0) is 30.5 Å². The summed E-state index contributed by atoms with van der Waals surface area (Å²) >= 11 is 6.31. The third-order valence-corrected chi connectivity index (χ3v) is 3.12. The fourth-order valence-corrected chi connectivity index (χ4v) is 2.09. The second kappa shape index (κ2) is 5.34. The van der Waals surface area contributed by atoms with Gasteiger partial charge in [0.05, 0.1) is 17.6 Å². The Kier molecular flexibility index (Phi) is 3.82. The highest BCUT2D eigenvalue weighted by atomic mass is 35.5. The molecule has 17 heavy (non-hydrogen) atoms. The van der Waals surface area contributed by atoms with E-state index in [1.54, 1.807) is 13.2 Å². The maximum atomic E-state index is 8.83. The van der Waals surface area contributed by atoms with Crippen LogP contribution in [0.2, 0.25) is 5.02 Å². The maximum Gasteiger partial charge on any atom is 0.213 e. The van der Waals surface area contributed by atoms with E-state index < -0.39 is 0 Å². The molecule has 2 rings (SSSR count). The van der Waals surface area contributed by atoms with Crippen molar-refractivity contribution in [2.24, 2.45) is 0 Å². The number of benzene rings is 1. The molecule has 2 aromatic rings. The van der Waals surface area contributed by atoms with Crippen molar-refractivity contribution in [1.29, 1.82) is 0 Å². The Morgan fingerprint density at radius 2 is 2.12 bits per heavy atom. The first-order valence-electron chi connectivity index (χ1n) is 5.49. The number of aromatic nitrogens is 1. The number of ether oxygens (including phenoxy) is 1. The second-order valence-electron chi connectivity index (χ2n) is 3.79. The minimum Gasteiger partial charge on any atom is -0.481 e. The van der Waals surface area contributed by atoms with Crippen molar-refractivity contribution >= 4 is 22.5 Å². The van der Waals surface area contributed by atoms with Gasteiger partial charge in [0, 0.05) is 18.1 Å². The van der Waals surface area contributed by atoms with E-state index in [4.69, 9.17) is 21.4 Å². The monoisotopic (exact) mass is 251 g/mol. The number of hydrogen-bond acceptors (Lipinski definition) is 3. The van der Waals surface area contributed by atoms with Crippen molar-refractivity contribution in [3.8, 4) is 5.88 Å². The van der Waals surface area contributed by atoms with Crippen LogP contribution in [0.15, 0.2) is 24.3 Å². The largest absolute Gasteiger partial charge is 0.481 e. The van der Waals surface area contributed by atoms with Crippen LogP contribution in [-0.4, -0.2) is 23.8 Å². The fraction of sp³-hybridized carbons (Fsp3) is 0.308. The van der Waals surface area contributed by atoms with E-state index in [1.807, 2.05) is 18.2 Å². The highest BCUT2D eigenvalue weighted by Gasteiger charge is 2.07. The van der Waals surface area contributed by atoms with Crippen LogP contribution in [0.25, 0.3) is 10.9 Å². The van der Waals surface area contributed by atoms with Gasteiger partial charge in [0.25, 0.3) is 0 Å². The lowest BCUT2D eigenvalue weighted by Gasteiger charge is -2.07. The zero-order valence-electron chi connectivity index (χ0n) is 9.61. The molecule has 0 saturated heterocycles. The summed E-state index contributed by atoms with van der Waals surface area (Å²) in [6.45, 7) is 0.176. The van der Waals surface area contributed by atoms with Crippen molar-refractivity contribution in [3.63, 3.8) is 0 Å². The number of nitrogens with zero attached hydrogens (tertiary/aromatic N) is 1. The molecule has 0 aliphatic rings. The van der Waals surface area contributed by atoms with E-state index >= 15 is 0 Å². The van der Waals surface area contributed by atoms with Gasteiger partial charge in [-0.1, -0.05) is 17.7 Å². The predicted octanol–water partition coefficient (Wildman–Crippen LogP) is 2.82. The molecular formula is C13H14ClNO2. The molecule has 1 aromatic carbocycles. The molecule has 0 bridgehead atoms. The zero-order valence-corrected chi connectivity index (χ0v) is 10.4. The number of hydrogen-bond donors (Lipinski definition) is 1. The summed E-state index contributed by atoms with van der Waals surface area (Å²) < 4.78 is 5.07. The van der Waals surface area contributed by atoms with Crippen LogP contribution >= 0.6 is 11.6 Å². The first kappa shape index (κ1) is 12.1. The van der Waals surface area contributed by atoms with Gasteiger partial charge >= 0.3 is 0 Å². The summed E-state index contributed by atoms with van der Waals surface area (Å²) in [7, 11) is 1.59. The number of aliphatic hydroxyl groups excluding tert-OH is 1. The standard InChI is InChI=1S/C13H14ClNO2/c1-17-12-7-5-10-11(15-12)6-4-9(13(10)14)3-2-8-16/h4-7,16H,2-3,8H2,1H3. The smallest absolute Gasteiger partial charge is 0.213 e. The zero-order chi connectivity index (χ0) is 12.3. The van der Waals surface area contributed by atoms with Crippen LogP contribution < -0.4 is 4.74 Å². The summed E-state index contributed by atoms with van der Waals surface area (Å²) in [5.41, 5.74) is 1.86. The van der Waals surface area contributed by atoms with E-state index in [-0.39, 0.29) is 6.61 Å². The van der Waals surface area contributed by atoms with Crippen LogP contribution in [0.4, 0.5) is 0 Å². The SMILES string of the molecule is COc1ccc2c(Cl)c(CCCO)ccc2n1. The van der Waals surface area contributed by atoms with E-state index in [0.29, 0.717) is 10.9 Å². The Morgan fingerprint density at radius 3 is 2.82 bits per heavy atom. The summed E-state index contributed by atoms with van der Waals surface area (Å²) in [4.78, 5) is 4.32. The molecule has 0 fully saturated rings. The number of aryl methyl sites for hydroxylation is 1. The van der Waals surface area contributed by atoms with Crippen molar-refractivity contribution in [1.82, 2.24) is 4.98 Å². The van der Waals surface area contributed by atoms with Crippen LogP contribution in [0.1, 0.15) is 12.0 Å². The molecule has 0 radical (unpaired) electrons. The van der Waals surface area contributed by atoms with Crippen molar-refractivity contribution in [2.75, 3.05) is 13.7 Å². The highest BCUT2D eigenvalue weighted by molar-refractivity contribution is 6.36. The number of halogens is 1. The molecule has 4 heteroatoms. The van der Waals surface area contributed by atoms with Crippen molar-refractivity contribution in [3.05, 3.63) is 34.9 Å². The Balaban J connectivity index is 2.45. The molecule has 90 valence electrons. The van der Waals surface area contributed by atoms with Crippen LogP contribution in [0.3, 0.4) is 0 Å². The topological polar surface area (TPSA) is 42.4 Å². The lowest BCUT2D eigenvalue weighted by Crippen LogP contribution is -1.93. The van der Waals surface area contributed by atoms with E-state index in [1.165, 1.54) is 0 Å². The molecule has 0 atom stereocenters. The fourth-order valence-electron chi connectivity index (χ4n) is 1.77. The van der Waals surface area contributed by atoms with E-state index in [9.17, 15) is 0 Å². The third kappa shape index (κ3) is 2.51. The molecule has 1 aromatic heterocycles. The van der Waals surface area contributed by atoms with E-state index in [2.05, 4.69) is 4.98 Å². The summed E-state index contributed by atoms with van der Waals surface area (Å²) in [5, 5.41) is 10.5. The average molecular weight is 252 g/mol. The molecule has 3 nitrogen and oxygen atoms in total. The Bertz CT molecular complexity index is 528. The molecule has 0 unspecified atom stereocenters. The first-order valence-corrected chi connectivity index (χ1v) is 5.87. The second-order valence-corrected chi connectivity index (χ2v) is 4.16. The molecule has 1 heterocycles. The van der Waals surface area contributed by atoms with E-state index in [0.717, 1.165) is 29.3 Å². The number of rotatable bonds is 4. The van der Waals surface area contributed by atoms with Crippen LogP contribution in [0, 0.1) is 0 Å². The molecule has 0 aliphatic carbocycles. The van der Waals surface area contributed by atoms with Crippen molar-refractivity contribution < 1.29 is 9.84 Å². The van der Waals surface area contributed by atoms with Crippen LogP contribution in [-0.2, 0) is 6.42 Å². The molecule has 0 spiro atoms. The van der Waals surface area contributed by atoms with Gasteiger partial charge in [-0.25, -0.2) is 4.98 Å². The quantitative estimate of drug-likeness (QED) is 0.909. The number of methoxy groups -OCH3 is 1. The Hall–Kier alpha value is -1.32. The highest BCUT2D eigenvalue weighted by Crippen LogP contribution is 2.28. The molecule has 0 aliphatic heterocycles. The normalized spacial score (nSPS) is 10.8. The molecule has 0 saturated carbocycles. The molecular weight excluding hydrogens is 238 g/mol. The van der Waals surface area contributed by atoms with Gasteiger partial charge in [0.15, 0.2) is 0 Å². The Morgan fingerprint density at radius 1 is 1.29 bits per heavy atom. The maximum absolute atomic E-state index is 8.83.